The monoisotopic (exact) mass is 211 g/mol. The molecule has 0 saturated heterocycles. The Hall–Kier alpha value is -1.36. The minimum Gasteiger partial charge on any atom is -0.477 e. The third-order valence-corrected chi connectivity index (χ3v) is 1.98. The first-order valence-corrected chi connectivity index (χ1v) is 5.12. The van der Waals surface area contributed by atoms with Crippen LogP contribution in [0.15, 0.2) is 6.33 Å². The highest BCUT2D eigenvalue weighted by Gasteiger charge is 2.08. The van der Waals surface area contributed by atoms with Gasteiger partial charge in [-0.1, -0.05) is 13.3 Å². The van der Waals surface area contributed by atoms with Crippen molar-refractivity contribution in [3.05, 3.63) is 11.9 Å². The third-order valence-electron chi connectivity index (χ3n) is 1.98. The molecule has 0 aliphatic carbocycles. The molecule has 1 heterocycles. The molecule has 0 saturated carbocycles. The van der Waals surface area contributed by atoms with Gasteiger partial charge in [-0.05, 0) is 6.42 Å². The molecule has 0 atom stereocenters. The van der Waals surface area contributed by atoms with Crippen LogP contribution in [-0.2, 0) is 6.42 Å². The van der Waals surface area contributed by atoms with Crippen LogP contribution in [0.3, 0.4) is 0 Å². The van der Waals surface area contributed by atoms with Crippen molar-refractivity contribution < 1.29 is 9.84 Å². The summed E-state index contributed by atoms with van der Waals surface area (Å²) >= 11 is 0. The van der Waals surface area contributed by atoms with Crippen molar-refractivity contribution in [3.8, 4) is 5.88 Å². The van der Waals surface area contributed by atoms with Crippen molar-refractivity contribution >= 4 is 5.82 Å². The Morgan fingerprint density at radius 2 is 2.27 bits per heavy atom. The summed E-state index contributed by atoms with van der Waals surface area (Å²) in [6.45, 7) is 2.62. The highest BCUT2D eigenvalue weighted by Crippen LogP contribution is 2.21. The van der Waals surface area contributed by atoms with E-state index < -0.39 is 0 Å². The molecule has 0 fully saturated rings. The number of anilines is 1. The molecule has 1 aromatic heterocycles. The second kappa shape index (κ2) is 6.19. The van der Waals surface area contributed by atoms with Crippen LogP contribution in [-0.4, -0.2) is 28.3 Å². The molecule has 0 aliphatic rings. The zero-order valence-electron chi connectivity index (χ0n) is 8.94. The van der Waals surface area contributed by atoms with Crippen LogP contribution in [0.25, 0.3) is 0 Å². The molecule has 0 radical (unpaired) electrons. The van der Waals surface area contributed by atoms with Gasteiger partial charge in [-0.15, -0.1) is 0 Å². The van der Waals surface area contributed by atoms with Gasteiger partial charge in [0.25, 0.3) is 0 Å². The van der Waals surface area contributed by atoms with Crippen molar-refractivity contribution in [2.45, 2.75) is 26.2 Å². The first-order valence-electron chi connectivity index (χ1n) is 5.12. The van der Waals surface area contributed by atoms with Gasteiger partial charge in [0, 0.05) is 13.0 Å². The van der Waals surface area contributed by atoms with Gasteiger partial charge >= 0.3 is 0 Å². The van der Waals surface area contributed by atoms with Gasteiger partial charge in [-0.3, -0.25) is 0 Å². The molecule has 5 heteroatoms. The van der Waals surface area contributed by atoms with E-state index in [1.807, 2.05) is 0 Å². The van der Waals surface area contributed by atoms with Crippen LogP contribution in [0.5, 0.6) is 5.88 Å². The Morgan fingerprint density at radius 3 is 2.93 bits per heavy atom. The maximum absolute atomic E-state index is 8.63. The van der Waals surface area contributed by atoms with Crippen molar-refractivity contribution in [2.24, 2.45) is 0 Å². The summed E-state index contributed by atoms with van der Waals surface area (Å²) in [5.74, 6) is 1.02. The van der Waals surface area contributed by atoms with E-state index in [2.05, 4.69) is 16.9 Å². The normalized spacial score (nSPS) is 10.3. The van der Waals surface area contributed by atoms with Crippen LogP contribution in [0.1, 0.15) is 25.3 Å². The second-order valence-corrected chi connectivity index (χ2v) is 3.22. The number of aliphatic hydroxyl groups is 1. The van der Waals surface area contributed by atoms with Gasteiger partial charge in [-0.25, -0.2) is 9.97 Å². The Balaban J connectivity index is 2.71. The Bertz CT molecular complexity index is 305. The van der Waals surface area contributed by atoms with Gasteiger partial charge in [-0.2, -0.15) is 0 Å². The Kier molecular flexibility index (Phi) is 4.83. The van der Waals surface area contributed by atoms with Crippen molar-refractivity contribution in [1.82, 2.24) is 9.97 Å². The number of nitrogen functional groups attached to an aromatic ring is 1. The van der Waals surface area contributed by atoms with E-state index in [9.17, 15) is 0 Å². The van der Waals surface area contributed by atoms with Crippen LogP contribution in [0.4, 0.5) is 5.82 Å². The Morgan fingerprint density at radius 1 is 1.47 bits per heavy atom. The highest BCUT2D eigenvalue weighted by atomic mass is 16.5. The van der Waals surface area contributed by atoms with Crippen molar-refractivity contribution in [2.75, 3.05) is 18.9 Å². The quantitative estimate of drug-likeness (QED) is 0.679. The third kappa shape index (κ3) is 3.36. The molecule has 0 spiro atoms. The lowest BCUT2D eigenvalue weighted by Gasteiger charge is -2.10. The number of hydrogen-bond donors (Lipinski definition) is 2. The summed E-state index contributed by atoms with van der Waals surface area (Å²) in [5, 5.41) is 8.63. The summed E-state index contributed by atoms with van der Waals surface area (Å²) in [7, 11) is 0. The van der Waals surface area contributed by atoms with Crippen molar-refractivity contribution in [3.63, 3.8) is 0 Å². The molecule has 84 valence electrons. The predicted molar refractivity (Wildman–Crippen MR) is 57.6 cm³/mol. The standard InChI is InChI=1S/C10H17N3O2/c1-2-4-8-9(11)12-7-13-10(8)15-6-3-5-14/h7,14H,2-6H2,1H3,(H2,11,12,13). The summed E-state index contributed by atoms with van der Waals surface area (Å²) in [6, 6.07) is 0. The molecule has 15 heavy (non-hydrogen) atoms. The number of aliphatic hydroxyl groups excluding tert-OH is 1. The van der Waals surface area contributed by atoms with Crippen LogP contribution in [0.2, 0.25) is 0 Å². The fraction of sp³-hybridized carbons (Fsp3) is 0.600. The number of ether oxygens (including phenoxy) is 1. The number of nitrogens with two attached hydrogens (primary N) is 1. The lowest BCUT2D eigenvalue weighted by atomic mass is 10.2. The molecule has 3 N–H and O–H groups in total. The zero-order valence-corrected chi connectivity index (χ0v) is 8.94. The topological polar surface area (TPSA) is 81.3 Å². The lowest BCUT2D eigenvalue weighted by Crippen LogP contribution is -2.07. The van der Waals surface area contributed by atoms with E-state index >= 15 is 0 Å². The van der Waals surface area contributed by atoms with E-state index in [4.69, 9.17) is 15.6 Å². The van der Waals surface area contributed by atoms with E-state index in [-0.39, 0.29) is 6.61 Å². The second-order valence-electron chi connectivity index (χ2n) is 3.22. The molecule has 0 bridgehead atoms. The lowest BCUT2D eigenvalue weighted by molar-refractivity contribution is 0.228. The van der Waals surface area contributed by atoms with Gasteiger partial charge in [0.05, 0.1) is 12.2 Å². The molecular weight excluding hydrogens is 194 g/mol. The number of nitrogens with zero attached hydrogens (tertiary/aromatic N) is 2. The number of hydrogen-bond acceptors (Lipinski definition) is 5. The van der Waals surface area contributed by atoms with Gasteiger partial charge < -0.3 is 15.6 Å². The largest absolute Gasteiger partial charge is 0.477 e. The van der Waals surface area contributed by atoms with E-state index in [1.54, 1.807) is 0 Å². The summed E-state index contributed by atoms with van der Waals surface area (Å²) in [6.07, 6.45) is 3.76. The number of aromatic nitrogens is 2. The van der Waals surface area contributed by atoms with Gasteiger partial charge in [0.15, 0.2) is 0 Å². The fourth-order valence-electron chi connectivity index (χ4n) is 1.25. The molecular formula is C10H17N3O2. The average molecular weight is 211 g/mol. The predicted octanol–water partition coefficient (Wildman–Crippen LogP) is 0.772. The highest BCUT2D eigenvalue weighted by molar-refractivity contribution is 5.44. The number of rotatable bonds is 6. The Labute approximate surface area is 89.3 Å². The van der Waals surface area contributed by atoms with Crippen molar-refractivity contribution in [1.29, 1.82) is 0 Å². The smallest absolute Gasteiger partial charge is 0.221 e. The zero-order chi connectivity index (χ0) is 11.1. The van der Waals surface area contributed by atoms with Crippen LogP contribution < -0.4 is 10.5 Å². The van der Waals surface area contributed by atoms with Crippen LogP contribution in [0, 0.1) is 0 Å². The molecule has 5 nitrogen and oxygen atoms in total. The van der Waals surface area contributed by atoms with Gasteiger partial charge in [0.1, 0.15) is 12.1 Å². The molecule has 1 rings (SSSR count). The molecule has 0 aromatic carbocycles. The minimum absolute atomic E-state index is 0.115. The summed E-state index contributed by atoms with van der Waals surface area (Å²) in [4.78, 5) is 7.96. The first-order chi connectivity index (χ1) is 7.29. The summed E-state index contributed by atoms with van der Waals surface area (Å²) in [5.41, 5.74) is 6.59. The van der Waals surface area contributed by atoms with E-state index in [1.165, 1.54) is 6.33 Å². The van der Waals surface area contributed by atoms with E-state index in [0.717, 1.165) is 18.4 Å². The molecule has 0 amide bonds. The maximum Gasteiger partial charge on any atom is 0.221 e. The molecule has 0 unspecified atom stereocenters. The average Bonchev–Trinajstić information content (AvgIpc) is 2.23. The van der Waals surface area contributed by atoms with Gasteiger partial charge in [0.2, 0.25) is 5.88 Å². The molecule has 0 aliphatic heterocycles. The summed E-state index contributed by atoms with van der Waals surface area (Å²) < 4.78 is 5.42. The van der Waals surface area contributed by atoms with E-state index in [0.29, 0.717) is 24.7 Å². The maximum atomic E-state index is 8.63. The first kappa shape index (κ1) is 11.7. The minimum atomic E-state index is 0.115. The fourth-order valence-corrected chi connectivity index (χ4v) is 1.25. The van der Waals surface area contributed by atoms with Crippen LogP contribution >= 0.6 is 0 Å². The SMILES string of the molecule is CCCc1c(N)ncnc1OCCCO. The molecule has 1 aromatic rings.